The van der Waals surface area contributed by atoms with E-state index in [4.69, 9.17) is 4.74 Å². The number of hydrogen-bond donors (Lipinski definition) is 2. The Morgan fingerprint density at radius 2 is 1.47 bits per heavy atom. The molecule has 2 aromatic carbocycles. The first-order valence-electron chi connectivity index (χ1n) is 9.59. The number of aryl methyl sites for hydroxylation is 2. The largest absolute Gasteiger partial charge is 0.484 e. The molecule has 8 heteroatoms. The summed E-state index contributed by atoms with van der Waals surface area (Å²) in [6.45, 7) is 3.76. The van der Waals surface area contributed by atoms with Gasteiger partial charge in [0.25, 0.3) is 17.7 Å². The van der Waals surface area contributed by atoms with Crippen molar-refractivity contribution >= 4 is 23.6 Å². The number of hydrogen-bond acceptors (Lipinski definition) is 5. The van der Waals surface area contributed by atoms with E-state index in [0.29, 0.717) is 16.9 Å². The molecule has 0 fully saturated rings. The van der Waals surface area contributed by atoms with Crippen LogP contribution in [0.1, 0.15) is 44.7 Å². The van der Waals surface area contributed by atoms with Crippen molar-refractivity contribution in [3.8, 4) is 5.75 Å². The minimum Gasteiger partial charge on any atom is -0.484 e. The summed E-state index contributed by atoms with van der Waals surface area (Å²) < 4.78 is 5.42. The number of fused-ring (bicyclic) bond motifs is 1. The molecule has 0 atom stereocenters. The van der Waals surface area contributed by atoms with Crippen molar-refractivity contribution in [2.75, 3.05) is 13.2 Å². The minimum absolute atomic E-state index is 0.0472. The lowest BCUT2D eigenvalue weighted by Crippen LogP contribution is -2.44. The average Bonchev–Trinajstić information content (AvgIpc) is 2.95. The van der Waals surface area contributed by atoms with Gasteiger partial charge in [-0.05, 0) is 55.7 Å². The molecule has 0 spiro atoms. The Bertz CT molecular complexity index is 947. The third-order valence-corrected chi connectivity index (χ3v) is 4.57. The van der Waals surface area contributed by atoms with E-state index >= 15 is 0 Å². The topological polar surface area (TPSA) is 105 Å². The van der Waals surface area contributed by atoms with Gasteiger partial charge in [-0.15, -0.1) is 0 Å². The molecule has 156 valence electrons. The van der Waals surface area contributed by atoms with Gasteiger partial charge in [0.1, 0.15) is 5.75 Å². The number of benzene rings is 2. The maximum absolute atomic E-state index is 12.3. The van der Waals surface area contributed by atoms with Crippen LogP contribution in [0.25, 0.3) is 0 Å². The maximum Gasteiger partial charge on any atom is 0.276 e. The van der Waals surface area contributed by atoms with Gasteiger partial charge in [0.2, 0.25) is 5.91 Å². The molecule has 0 aromatic heterocycles. The summed E-state index contributed by atoms with van der Waals surface area (Å²) in [6, 6.07) is 12.3. The molecule has 1 heterocycles. The van der Waals surface area contributed by atoms with E-state index in [1.165, 1.54) is 0 Å². The van der Waals surface area contributed by atoms with Crippen molar-refractivity contribution in [3.63, 3.8) is 0 Å². The van der Waals surface area contributed by atoms with Crippen LogP contribution in [0.3, 0.4) is 0 Å². The predicted octanol–water partition coefficient (Wildman–Crippen LogP) is 1.91. The molecular formula is C22H23N3O5. The van der Waals surface area contributed by atoms with Crippen LogP contribution >= 0.6 is 0 Å². The van der Waals surface area contributed by atoms with Crippen LogP contribution in [0.15, 0.2) is 42.5 Å². The van der Waals surface area contributed by atoms with Crippen LogP contribution in [-0.2, 0) is 9.59 Å². The highest BCUT2D eigenvalue weighted by atomic mass is 16.5. The van der Waals surface area contributed by atoms with E-state index in [-0.39, 0.29) is 37.8 Å². The van der Waals surface area contributed by atoms with Gasteiger partial charge in [0.15, 0.2) is 6.61 Å². The zero-order valence-corrected chi connectivity index (χ0v) is 16.9. The van der Waals surface area contributed by atoms with Crippen molar-refractivity contribution in [1.29, 1.82) is 0 Å². The highest BCUT2D eigenvalue weighted by Crippen LogP contribution is 2.22. The SMILES string of the molecule is Cc1cc(C)cc(OCC(=O)NNC(=O)CCCN2C(=O)c3ccccc3C2=O)c1. The number of rotatable bonds is 7. The molecule has 1 aliphatic rings. The van der Waals surface area contributed by atoms with Crippen LogP contribution in [-0.4, -0.2) is 41.7 Å². The second kappa shape index (κ2) is 9.21. The van der Waals surface area contributed by atoms with E-state index < -0.39 is 11.8 Å². The van der Waals surface area contributed by atoms with Crippen LogP contribution in [0.2, 0.25) is 0 Å². The third-order valence-electron chi connectivity index (χ3n) is 4.57. The fourth-order valence-corrected chi connectivity index (χ4v) is 3.24. The lowest BCUT2D eigenvalue weighted by molar-refractivity contribution is -0.130. The average molecular weight is 409 g/mol. The second-order valence-electron chi connectivity index (χ2n) is 7.12. The summed E-state index contributed by atoms with van der Waals surface area (Å²) >= 11 is 0. The molecule has 0 saturated carbocycles. The number of amides is 4. The van der Waals surface area contributed by atoms with Crippen molar-refractivity contribution in [3.05, 3.63) is 64.7 Å². The van der Waals surface area contributed by atoms with Crippen LogP contribution in [0.5, 0.6) is 5.75 Å². The molecular weight excluding hydrogens is 386 g/mol. The van der Waals surface area contributed by atoms with Crippen molar-refractivity contribution in [2.45, 2.75) is 26.7 Å². The maximum atomic E-state index is 12.3. The first-order valence-corrected chi connectivity index (χ1v) is 9.59. The third kappa shape index (κ3) is 5.02. The fraction of sp³-hybridized carbons (Fsp3) is 0.273. The lowest BCUT2D eigenvalue weighted by Gasteiger charge is -2.13. The minimum atomic E-state index is -0.497. The highest BCUT2D eigenvalue weighted by molar-refractivity contribution is 6.21. The van der Waals surface area contributed by atoms with E-state index in [2.05, 4.69) is 10.9 Å². The summed E-state index contributed by atoms with van der Waals surface area (Å²) in [4.78, 5) is 49.4. The Morgan fingerprint density at radius 3 is 2.07 bits per heavy atom. The summed E-state index contributed by atoms with van der Waals surface area (Å²) in [5.41, 5.74) is 7.39. The van der Waals surface area contributed by atoms with Gasteiger partial charge in [-0.2, -0.15) is 0 Å². The van der Waals surface area contributed by atoms with E-state index in [0.717, 1.165) is 16.0 Å². The van der Waals surface area contributed by atoms with Gasteiger partial charge in [0, 0.05) is 13.0 Å². The van der Waals surface area contributed by atoms with Crippen molar-refractivity contribution in [1.82, 2.24) is 15.8 Å². The Morgan fingerprint density at radius 1 is 0.900 bits per heavy atom. The summed E-state index contributed by atoms with van der Waals surface area (Å²) in [5.74, 6) is -1.05. The zero-order valence-electron chi connectivity index (χ0n) is 16.9. The smallest absolute Gasteiger partial charge is 0.276 e. The van der Waals surface area contributed by atoms with Crippen molar-refractivity contribution in [2.24, 2.45) is 0 Å². The van der Waals surface area contributed by atoms with E-state index in [1.54, 1.807) is 24.3 Å². The Hall–Kier alpha value is -3.68. The van der Waals surface area contributed by atoms with Gasteiger partial charge in [-0.3, -0.25) is 34.9 Å². The Labute approximate surface area is 174 Å². The molecule has 0 bridgehead atoms. The van der Waals surface area contributed by atoms with Gasteiger partial charge in [-0.25, -0.2) is 0 Å². The van der Waals surface area contributed by atoms with Gasteiger partial charge in [-0.1, -0.05) is 18.2 Å². The molecule has 8 nitrogen and oxygen atoms in total. The molecule has 2 N–H and O–H groups in total. The number of nitrogens with one attached hydrogen (secondary N) is 2. The number of nitrogens with zero attached hydrogens (tertiary/aromatic N) is 1. The second-order valence-corrected chi connectivity index (χ2v) is 7.12. The molecule has 4 amide bonds. The number of hydrazine groups is 1. The molecule has 0 unspecified atom stereocenters. The predicted molar refractivity (Wildman–Crippen MR) is 109 cm³/mol. The van der Waals surface area contributed by atoms with E-state index in [9.17, 15) is 19.2 Å². The number of imide groups is 1. The van der Waals surface area contributed by atoms with E-state index in [1.807, 2.05) is 32.0 Å². The zero-order chi connectivity index (χ0) is 21.7. The van der Waals surface area contributed by atoms with Gasteiger partial charge in [0.05, 0.1) is 11.1 Å². The van der Waals surface area contributed by atoms with Gasteiger partial charge >= 0.3 is 0 Å². The molecule has 0 aliphatic carbocycles. The quantitative estimate of drug-likeness (QED) is 0.537. The Balaban J connectivity index is 1.37. The number of carbonyl (C=O) groups is 4. The van der Waals surface area contributed by atoms with Crippen LogP contribution in [0, 0.1) is 13.8 Å². The molecule has 0 radical (unpaired) electrons. The fourth-order valence-electron chi connectivity index (χ4n) is 3.24. The summed E-state index contributed by atoms with van der Waals surface area (Å²) in [7, 11) is 0. The first kappa shape index (κ1) is 21.0. The van der Waals surface area contributed by atoms with Gasteiger partial charge < -0.3 is 4.74 Å². The molecule has 3 rings (SSSR count). The van der Waals surface area contributed by atoms with Crippen LogP contribution in [0.4, 0.5) is 0 Å². The monoisotopic (exact) mass is 409 g/mol. The molecule has 30 heavy (non-hydrogen) atoms. The van der Waals surface area contributed by atoms with Crippen molar-refractivity contribution < 1.29 is 23.9 Å². The number of ether oxygens (including phenoxy) is 1. The van der Waals surface area contributed by atoms with Crippen LogP contribution < -0.4 is 15.6 Å². The molecule has 0 saturated heterocycles. The normalized spacial score (nSPS) is 12.5. The lowest BCUT2D eigenvalue weighted by atomic mass is 10.1. The molecule has 1 aliphatic heterocycles. The summed E-state index contributed by atoms with van der Waals surface area (Å²) in [6.07, 6.45) is 0.331. The number of carbonyl (C=O) groups excluding carboxylic acids is 4. The first-order chi connectivity index (χ1) is 14.3. The highest BCUT2D eigenvalue weighted by Gasteiger charge is 2.34. The summed E-state index contributed by atoms with van der Waals surface area (Å²) in [5, 5.41) is 0. The Kier molecular flexibility index (Phi) is 6.46. The molecule has 2 aromatic rings. The standard InChI is InChI=1S/C22H23N3O5/c1-14-10-15(2)12-16(11-14)30-13-20(27)24-23-19(26)8-5-9-25-21(28)17-6-3-4-7-18(17)22(25)29/h3-4,6-7,10-12H,5,8-9,13H2,1-2H3,(H,23,26)(H,24,27).